The molecule has 0 amide bonds. The molecule has 0 saturated heterocycles. The second-order valence-corrected chi connectivity index (χ2v) is 4.73. The molecule has 6 nitrogen and oxygen atoms in total. The predicted molar refractivity (Wildman–Crippen MR) is 73.9 cm³/mol. The minimum Gasteiger partial charge on any atom is -0.497 e. The van der Waals surface area contributed by atoms with Gasteiger partial charge in [-0.2, -0.15) is 5.10 Å². The predicted octanol–water partition coefficient (Wildman–Crippen LogP) is 1.47. The van der Waals surface area contributed by atoms with E-state index in [1.165, 1.54) is 6.33 Å². The Morgan fingerprint density at radius 2 is 2.45 bits per heavy atom. The van der Waals surface area contributed by atoms with Gasteiger partial charge in [0.15, 0.2) is 0 Å². The van der Waals surface area contributed by atoms with Gasteiger partial charge >= 0.3 is 0 Å². The van der Waals surface area contributed by atoms with Crippen LogP contribution < -0.4 is 14.8 Å². The van der Waals surface area contributed by atoms with E-state index < -0.39 is 0 Å². The summed E-state index contributed by atoms with van der Waals surface area (Å²) in [5, 5.41) is 10.3. The topological polar surface area (TPSA) is 72.1 Å². The smallest absolute Gasteiger partial charge is 0.137 e. The second-order valence-electron chi connectivity index (χ2n) is 4.73. The van der Waals surface area contributed by atoms with Crippen molar-refractivity contribution < 1.29 is 9.47 Å². The number of aromatic nitrogens is 3. The zero-order valence-corrected chi connectivity index (χ0v) is 11.4. The molecule has 1 aliphatic heterocycles. The van der Waals surface area contributed by atoms with Gasteiger partial charge in [-0.3, -0.25) is 5.10 Å². The molecule has 1 aromatic heterocycles. The van der Waals surface area contributed by atoms with Crippen molar-refractivity contribution in [3.05, 3.63) is 35.9 Å². The molecule has 1 aromatic carbocycles. The molecule has 0 saturated carbocycles. The molecule has 0 spiro atoms. The highest BCUT2D eigenvalue weighted by molar-refractivity contribution is 5.43. The normalized spacial score (nSPS) is 17.4. The third-order valence-electron chi connectivity index (χ3n) is 3.47. The van der Waals surface area contributed by atoms with Gasteiger partial charge in [-0.05, 0) is 18.2 Å². The standard InChI is InChI=1S/C14H18N4O2/c1-19-10-2-3-13-11(8-10)12(5-7-20-13)15-6-4-14-16-9-17-18-14/h2-3,8-9,12,15H,4-7H2,1H3,(H,16,17,18). The minimum atomic E-state index is 0.289. The lowest BCUT2D eigenvalue weighted by Crippen LogP contribution is -2.28. The summed E-state index contributed by atoms with van der Waals surface area (Å²) in [5.74, 6) is 2.70. The fourth-order valence-electron chi connectivity index (χ4n) is 2.43. The Morgan fingerprint density at radius 3 is 3.25 bits per heavy atom. The number of H-pyrrole nitrogens is 1. The quantitative estimate of drug-likeness (QED) is 0.864. The van der Waals surface area contributed by atoms with Crippen molar-refractivity contribution in [3.8, 4) is 11.5 Å². The van der Waals surface area contributed by atoms with Gasteiger partial charge in [-0.25, -0.2) is 4.98 Å². The van der Waals surface area contributed by atoms with Crippen LogP contribution in [0, 0.1) is 0 Å². The van der Waals surface area contributed by atoms with Crippen LogP contribution in [0.1, 0.15) is 23.9 Å². The molecule has 0 fully saturated rings. The molecule has 6 heteroatoms. The number of benzene rings is 1. The molecule has 2 heterocycles. The molecule has 0 radical (unpaired) electrons. The van der Waals surface area contributed by atoms with Crippen molar-refractivity contribution in [3.63, 3.8) is 0 Å². The molecular weight excluding hydrogens is 256 g/mol. The fraction of sp³-hybridized carbons (Fsp3) is 0.429. The molecule has 1 aliphatic rings. The van der Waals surface area contributed by atoms with Gasteiger partial charge in [0.25, 0.3) is 0 Å². The number of methoxy groups -OCH3 is 1. The summed E-state index contributed by atoms with van der Waals surface area (Å²) in [5.41, 5.74) is 1.16. The first kappa shape index (κ1) is 12.9. The molecular formula is C14H18N4O2. The summed E-state index contributed by atoms with van der Waals surface area (Å²) >= 11 is 0. The molecule has 20 heavy (non-hydrogen) atoms. The van der Waals surface area contributed by atoms with Crippen LogP contribution in [0.5, 0.6) is 11.5 Å². The summed E-state index contributed by atoms with van der Waals surface area (Å²) in [6.07, 6.45) is 3.32. The van der Waals surface area contributed by atoms with E-state index in [9.17, 15) is 0 Å². The van der Waals surface area contributed by atoms with E-state index in [1.807, 2.05) is 18.2 Å². The summed E-state index contributed by atoms with van der Waals surface area (Å²) < 4.78 is 11.0. The van der Waals surface area contributed by atoms with Crippen LogP contribution in [-0.4, -0.2) is 35.4 Å². The zero-order valence-electron chi connectivity index (χ0n) is 11.4. The molecule has 1 atom stereocenters. The van der Waals surface area contributed by atoms with Gasteiger partial charge in [0.05, 0.1) is 13.7 Å². The molecule has 106 valence electrons. The SMILES string of the molecule is COc1ccc2c(c1)C(NCCc1ncn[nH]1)CCO2. The van der Waals surface area contributed by atoms with Crippen LogP contribution in [-0.2, 0) is 6.42 Å². The van der Waals surface area contributed by atoms with E-state index in [0.717, 1.165) is 48.9 Å². The molecule has 0 aliphatic carbocycles. The van der Waals surface area contributed by atoms with Gasteiger partial charge < -0.3 is 14.8 Å². The van der Waals surface area contributed by atoms with Gasteiger partial charge in [0.2, 0.25) is 0 Å². The largest absolute Gasteiger partial charge is 0.497 e. The first-order valence-electron chi connectivity index (χ1n) is 6.75. The molecule has 0 bridgehead atoms. The third kappa shape index (κ3) is 2.75. The van der Waals surface area contributed by atoms with Crippen molar-refractivity contribution in [2.45, 2.75) is 18.9 Å². The Bertz CT molecular complexity index is 556. The van der Waals surface area contributed by atoms with Gasteiger partial charge in [0, 0.05) is 31.0 Å². The van der Waals surface area contributed by atoms with E-state index in [4.69, 9.17) is 9.47 Å². The number of ether oxygens (including phenoxy) is 2. The van der Waals surface area contributed by atoms with E-state index in [0.29, 0.717) is 0 Å². The lowest BCUT2D eigenvalue weighted by atomic mass is 10.00. The maximum absolute atomic E-state index is 5.68. The molecule has 2 N–H and O–H groups in total. The van der Waals surface area contributed by atoms with E-state index >= 15 is 0 Å². The first-order valence-corrected chi connectivity index (χ1v) is 6.75. The molecule has 3 rings (SSSR count). The van der Waals surface area contributed by atoms with Crippen molar-refractivity contribution in [1.82, 2.24) is 20.5 Å². The van der Waals surface area contributed by atoms with Crippen LogP contribution in [0.2, 0.25) is 0 Å². The molecule has 2 aromatic rings. The van der Waals surface area contributed by atoms with Crippen LogP contribution >= 0.6 is 0 Å². The average molecular weight is 274 g/mol. The Balaban J connectivity index is 1.66. The third-order valence-corrected chi connectivity index (χ3v) is 3.47. The zero-order chi connectivity index (χ0) is 13.8. The summed E-state index contributed by atoms with van der Waals surface area (Å²) in [4.78, 5) is 4.12. The number of hydrogen-bond donors (Lipinski definition) is 2. The summed E-state index contributed by atoms with van der Waals surface area (Å²) in [6.45, 7) is 1.58. The van der Waals surface area contributed by atoms with Crippen molar-refractivity contribution in [1.29, 1.82) is 0 Å². The Labute approximate surface area is 117 Å². The summed E-state index contributed by atoms with van der Waals surface area (Å²) in [7, 11) is 1.68. The maximum atomic E-state index is 5.68. The Hall–Kier alpha value is -2.08. The van der Waals surface area contributed by atoms with Crippen LogP contribution in [0.3, 0.4) is 0 Å². The van der Waals surface area contributed by atoms with Crippen LogP contribution in [0.15, 0.2) is 24.5 Å². The lowest BCUT2D eigenvalue weighted by molar-refractivity contribution is 0.252. The molecule has 1 unspecified atom stereocenters. The average Bonchev–Trinajstić information content (AvgIpc) is 3.00. The Kier molecular flexibility index (Phi) is 3.83. The first-order chi connectivity index (χ1) is 9.86. The fourth-order valence-corrected chi connectivity index (χ4v) is 2.43. The van der Waals surface area contributed by atoms with Crippen LogP contribution in [0.25, 0.3) is 0 Å². The minimum absolute atomic E-state index is 0.289. The van der Waals surface area contributed by atoms with E-state index in [-0.39, 0.29) is 6.04 Å². The van der Waals surface area contributed by atoms with Crippen molar-refractivity contribution in [2.24, 2.45) is 0 Å². The number of nitrogens with one attached hydrogen (secondary N) is 2. The number of aromatic amines is 1. The van der Waals surface area contributed by atoms with Crippen LogP contribution in [0.4, 0.5) is 0 Å². The lowest BCUT2D eigenvalue weighted by Gasteiger charge is -2.27. The number of fused-ring (bicyclic) bond motifs is 1. The van der Waals surface area contributed by atoms with Crippen molar-refractivity contribution in [2.75, 3.05) is 20.3 Å². The van der Waals surface area contributed by atoms with E-state index in [1.54, 1.807) is 7.11 Å². The Morgan fingerprint density at radius 1 is 1.50 bits per heavy atom. The van der Waals surface area contributed by atoms with Gasteiger partial charge in [-0.15, -0.1) is 0 Å². The number of rotatable bonds is 5. The highest BCUT2D eigenvalue weighted by atomic mass is 16.5. The number of hydrogen-bond acceptors (Lipinski definition) is 5. The maximum Gasteiger partial charge on any atom is 0.137 e. The summed E-state index contributed by atoms with van der Waals surface area (Å²) in [6, 6.07) is 6.23. The highest BCUT2D eigenvalue weighted by Crippen LogP contribution is 2.34. The van der Waals surface area contributed by atoms with Crippen molar-refractivity contribution >= 4 is 0 Å². The van der Waals surface area contributed by atoms with Gasteiger partial charge in [-0.1, -0.05) is 0 Å². The highest BCUT2D eigenvalue weighted by Gasteiger charge is 2.21. The number of nitrogens with zero attached hydrogens (tertiary/aromatic N) is 2. The second kappa shape index (κ2) is 5.92. The van der Waals surface area contributed by atoms with Gasteiger partial charge in [0.1, 0.15) is 23.7 Å². The monoisotopic (exact) mass is 274 g/mol. The van der Waals surface area contributed by atoms with E-state index in [2.05, 4.69) is 20.5 Å².